The molecule has 0 bridgehead atoms. The van der Waals surface area contributed by atoms with Crippen molar-refractivity contribution >= 4 is 28.3 Å². The zero-order valence-electron chi connectivity index (χ0n) is 14.8. The second-order valence-corrected chi connectivity index (χ2v) is 7.04. The number of ether oxygens (including phenoxy) is 1. The van der Waals surface area contributed by atoms with Gasteiger partial charge in [-0.25, -0.2) is 9.37 Å². The predicted molar refractivity (Wildman–Crippen MR) is 98.1 cm³/mol. The van der Waals surface area contributed by atoms with Gasteiger partial charge in [0.15, 0.2) is 5.82 Å². The van der Waals surface area contributed by atoms with Gasteiger partial charge in [-0.3, -0.25) is 4.98 Å². The predicted octanol–water partition coefficient (Wildman–Crippen LogP) is 3.18. The Morgan fingerprint density at radius 1 is 1.30 bits per heavy atom. The molecule has 0 unspecified atom stereocenters. The maximum Gasteiger partial charge on any atom is 0.205 e. The quantitative estimate of drug-likeness (QED) is 0.732. The first-order valence-electron chi connectivity index (χ1n) is 8.58. The summed E-state index contributed by atoms with van der Waals surface area (Å²) >= 11 is 5.89. The topological polar surface area (TPSA) is 84.5 Å². The van der Waals surface area contributed by atoms with Crippen LogP contribution in [-0.2, 0) is 11.3 Å². The molecule has 4 rings (SSSR count). The number of hydrogen-bond donors (Lipinski definition) is 1. The molecule has 7 nitrogen and oxygen atoms in total. The van der Waals surface area contributed by atoms with Crippen molar-refractivity contribution in [1.29, 1.82) is 0 Å². The van der Waals surface area contributed by atoms with E-state index < -0.39 is 5.82 Å². The van der Waals surface area contributed by atoms with Gasteiger partial charge in [-0.2, -0.15) is 0 Å². The monoisotopic (exact) mass is 392 g/mol. The Hall–Kier alpha value is -2.29. The average molecular weight is 393 g/mol. The van der Waals surface area contributed by atoms with Crippen molar-refractivity contribution in [3.63, 3.8) is 0 Å². The Bertz CT molecular complexity index is 986. The van der Waals surface area contributed by atoms with Crippen LogP contribution in [0.5, 0.6) is 0 Å². The van der Waals surface area contributed by atoms with Gasteiger partial charge < -0.3 is 19.3 Å². The molecule has 1 aromatic carbocycles. The fourth-order valence-corrected chi connectivity index (χ4v) is 3.69. The molecule has 0 radical (unpaired) electrons. The van der Waals surface area contributed by atoms with Crippen LogP contribution in [0.4, 0.5) is 10.1 Å². The van der Waals surface area contributed by atoms with E-state index in [9.17, 15) is 5.11 Å². The number of fused-ring (bicyclic) bond motifs is 1. The number of rotatable bonds is 3. The third kappa shape index (κ3) is 3.24. The van der Waals surface area contributed by atoms with Crippen molar-refractivity contribution in [2.75, 3.05) is 18.0 Å². The fourth-order valence-electron chi connectivity index (χ4n) is 3.54. The van der Waals surface area contributed by atoms with E-state index in [4.69, 9.17) is 20.9 Å². The lowest BCUT2D eigenvalue weighted by Gasteiger charge is -2.37. The molecule has 2 aromatic heterocycles. The van der Waals surface area contributed by atoms with Crippen LogP contribution >= 0.6 is 11.6 Å². The van der Waals surface area contributed by atoms with E-state index in [-0.39, 0.29) is 29.6 Å². The zero-order valence-corrected chi connectivity index (χ0v) is 15.6. The lowest BCUT2D eigenvalue weighted by atomic mass is 10.0. The molecule has 1 aliphatic heterocycles. The Morgan fingerprint density at radius 2 is 2.04 bits per heavy atom. The van der Waals surface area contributed by atoms with Crippen molar-refractivity contribution in [2.24, 2.45) is 0 Å². The second kappa shape index (κ2) is 7.03. The van der Waals surface area contributed by atoms with E-state index in [0.29, 0.717) is 41.1 Å². The zero-order chi connectivity index (χ0) is 19.1. The van der Waals surface area contributed by atoms with Gasteiger partial charge in [0.2, 0.25) is 5.58 Å². The maximum atomic E-state index is 15.4. The number of benzene rings is 1. The van der Waals surface area contributed by atoms with E-state index in [1.807, 2.05) is 18.7 Å². The van der Waals surface area contributed by atoms with Crippen LogP contribution in [0.2, 0.25) is 5.15 Å². The highest BCUT2D eigenvalue weighted by Crippen LogP contribution is 2.37. The summed E-state index contributed by atoms with van der Waals surface area (Å²) < 4.78 is 26.4. The van der Waals surface area contributed by atoms with Crippen LogP contribution in [0.25, 0.3) is 22.4 Å². The molecule has 0 spiro atoms. The highest BCUT2D eigenvalue weighted by molar-refractivity contribution is 6.29. The minimum atomic E-state index is -0.563. The van der Waals surface area contributed by atoms with Gasteiger partial charge in [0.05, 0.1) is 42.3 Å². The second-order valence-electron chi connectivity index (χ2n) is 6.65. The molecule has 1 fully saturated rings. The third-order valence-electron chi connectivity index (χ3n) is 4.51. The summed E-state index contributed by atoms with van der Waals surface area (Å²) in [4.78, 5) is 10.0. The Kier molecular flexibility index (Phi) is 4.71. The number of aliphatic hydroxyl groups is 1. The molecule has 2 atom stereocenters. The van der Waals surface area contributed by atoms with Crippen LogP contribution in [0.15, 0.2) is 23.0 Å². The summed E-state index contributed by atoms with van der Waals surface area (Å²) in [6, 6.07) is 1.67. The van der Waals surface area contributed by atoms with Crippen LogP contribution in [0.3, 0.4) is 0 Å². The first-order chi connectivity index (χ1) is 13.0. The fraction of sp³-hybridized carbons (Fsp3) is 0.389. The molecule has 142 valence electrons. The molecule has 9 heteroatoms. The molecule has 1 saturated heterocycles. The van der Waals surface area contributed by atoms with E-state index in [1.54, 1.807) is 6.07 Å². The SMILES string of the molecule is C[C@@H]1CN(c2c(CO)cc3c(-c4cncc(Cl)n4)noc3c2F)C[C@H](C)O1. The van der Waals surface area contributed by atoms with Crippen molar-refractivity contribution < 1.29 is 18.8 Å². The number of aliphatic hydroxyl groups excluding tert-OH is 1. The van der Waals surface area contributed by atoms with E-state index in [0.717, 1.165) is 0 Å². The normalized spacial score (nSPS) is 20.4. The van der Waals surface area contributed by atoms with Gasteiger partial charge in [0, 0.05) is 18.7 Å². The number of morpholine rings is 1. The molecular formula is C18H18ClFN4O3. The van der Waals surface area contributed by atoms with Gasteiger partial charge in [-0.05, 0) is 19.9 Å². The summed E-state index contributed by atoms with van der Waals surface area (Å²) in [5, 5.41) is 14.4. The van der Waals surface area contributed by atoms with Crippen molar-refractivity contribution in [1.82, 2.24) is 15.1 Å². The van der Waals surface area contributed by atoms with E-state index in [1.165, 1.54) is 12.4 Å². The molecular weight excluding hydrogens is 375 g/mol. The number of nitrogens with zero attached hydrogens (tertiary/aromatic N) is 4. The minimum Gasteiger partial charge on any atom is -0.392 e. The van der Waals surface area contributed by atoms with Crippen molar-refractivity contribution in [3.05, 3.63) is 35.0 Å². The molecule has 0 saturated carbocycles. The molecule has 0 aliphatic carbocycles. The van der Waals surface area contributed by atoms with Gasteiger partial charge in [0.25, 0.3) is 0 Å². The first-order valence-corrected chi connectivity index (χ1v) is 8.95. The number of aromatic nitrogens is 3. The smallest absolute Gasteiger partial charge is 0.205 e. The Balaban J connectivity index is 1.87. The van der Waals surface area contributed by atoms with Gasteiger partial charge >= 0.3 is 0 Å². The standard InChI is InChI=1S/C18H18ClFN4O3/c1-9-6-24(7-10(2)26-9)17-11(8-25)3-12-16(23-27-18(12)15(17)20)13-4-21-5-14(19)22-13/h3-5,9-10,25H,6-8H2,1-2H3/t9-,10+. The molecule has 27 heavy (non-hydrogen) atoms. The molecule has 1 N–H and O–H groups in total. The number of hydrogen-bond acceptors (Lipinski definition) is 7. The summed E-state index contributed by atoms with van der Waals surface area (Å²) in [5.74, 6) is -0.563. The van der Waals surface area contributed by atoms with Crippen molar-refractivity contribution in [2.45, 2.75) is 32.7 Å². The highest BCUT2D eigenvalue weighted by Gasteiger charge is 2.29. The van der Waals surface area contributed by atoms with Crippen LogP contribution in [-0.4, -0.2) is 45.5 Å². The Morgan fingerprint density at radius 3 is 2.70 bits per heavy atom. The molecule has 1 aliphatic rings. The molecule has 0 amide bonds. The van der Waals surface area contributed by atoms with Gasteiger partial charge in [-0.15, -0.1) is 0 Å². The van der Waals surface area contributed by atoms with Crippen LogP contribution < -0.4 is 4.90 Å². The first kappa shape index (κ1) is 18.1. The van der Waals surface area contributed by atoms with Crippen molar-refractivity contribution in [3.8, 4) is 11.4 Å². The van der Waals surface area contributed by atoms with Gasteiger partial charge in [0.1, 0.15) is 16.5 Å². The number of halogens is 2. The summed E-state index contributed by atoms with van der Waals surface area (Å²) in [7, 11) is 0. The lowest BCUT2D eigenvalue weighted by Crippen LogP contribution is -2.46. The minimum absolute atomic E-state index is 0.00535. The Labute approximate surface area is 159 Å². The number of anilines is 1. The van der Waals surface area contributed by atoms with Crippen LogP contribution in [0.1, 0.15) is 19.4 Å². The summed E-state index contributed by atoms with van der Waals surface area (Å²) in [6.45, 7) is 4.57. The average Bonchev–Trinajstić information content (AvgIpc) is 3.05. The molecule has 3 heterocycles. The highest BCUT2D eigenvalue weighted by atomic mass is 35.5. The lowest BCUT2D eigenvalue weighted by molar-refractivity contribution is -0.00549. The van der Waals surface area contributed by atoms with E-state index in [2.05, 4.69) is 15.1 Å². The van der Waals surface area contributed by atoms with E-state index >= 15 is 4.39 Å². The van der Waals surface area contributed by atoms with Crippen LogP contribution in [0, 0.1) is 5.82 Å². The summed E-state index contributed by atoms with van der Waals surface area (Å²) in [6.07, 6.45) is 2.76. The molecule has 3 aromatic rings. The maximum absolute atomic E-state index is 15.4. The summed E-state index contributed by atoms with van der Waals surface area (Å²) in [5.41, 5.74) is 1.45. The largest absolute Gasteiger partial charge is 0.392 e. The third-order valence-corrected chi connectivity index (χ3v) is 4.69. The van der Waals surface area contributed by atoms with Gasteiger partial charge in [-0.1, -0.05) is 16.8 Å².